The molecule has 2 N–H and O–H groups in total. The number of carbonyl (C=O) groups excluding carboxylic acids is 2. The number of cyclic esters (lactones) is 2. The van der Waals surface area contributed by atoms with Gasteiger partial charge in [0.15, 0.2) is 5.57 Å². The summed E-state index contributed by atoms with van der Waals surface area (Å²) in [4.78, 5) is 24.1. The topological polar surface area (TPSA) is 84.9 Å². The average Bonchev–Trinajstić information content (AvgIpc) is 2.61. The Morgan fingerprint density at radius 2 is 1.70 bits per heavy atom. The van der Waals surface area contributed by atoms with Gasteiger partial charge in [-0.05, 0) is 23.8 Å². The summed E-state index contributed by atoms with van der Waals surface area (Å²) in [5.41, 5.74) is 1.37. The third kappa shape index (κ3) is 4.30. The number of hydrogen-bond donors (Lipinski definition) is 2. The number of hydrogen-bond acceptors (Lipinski definition) is 6. The summed E-state index contributed by atoms with van der Waals surface area (Å²) in [5.74, 6) is -2.88. The third-order valence-electron chi connectivity index (χ3n) is 3.91. The van der Waals surface area contributed by atoms with Gasteiger partial charge in [0.1, 0.15) is 6.10 Å². The van der Waals surface area contributed by atoms with E-state index < -0.39 is 23.8 Å². The highest BCUT2D eigenvalue weighted by Crippen LogP contribution is 2.31. The Bertz CT molecular complexity index is 886. The molecule has 27 heavy (non-hydrogen) atoms. The van der Waals surface area contributed by atoms with Crippen molar-refractivity contribution in [1.29, 1.82) is 0 Å². The highest BCUT2D eigenvalue weighted by molar-refractivity contribution is 6.30. The van der Waals surface area contributed by atoms with E-state index in [2.05, 4.69) is 5.32 Å². The zero-order chi connectivity index (χ0) is 19.6. The minimum absolute atomic E-state index is 0.274. The molecule has 1 atom stereocenters. The first-order chi connectivity index (χ1) is 12.8. The van der Waals surface area contributed by atoms with E-state index >= 15 is 0 Å². The van der Waals surface area contributed by atoms with Crippen molar-refractivity contribution in [2.24, 2.45) is 0 Å². The van der Waals surface area contributed by atoms with Gasteiger partial charge in [-0.25, -0.2) is 9.59 Å². The highest BCUT2D eigenvalue weighted by atomic mass is 35.5. The molecule has 3 rings (SSSR count). The molecular weight excluding hydrogens is 370 g/mol. The first kappa shape index (κ1) is 18.9. The van der Waals surface area contributed by atoms with Crippen LogP contribution in [0, 0.1) is 0 Å². The van der Waals surface area contributed by atoms with Crippen molar-refractivity contribution >= 4 is 29.2 Å². The van der Waals surface area contributed by atoms with Crippen molar-refractivity contribution in [2.75, 3.05) is 5.32 Å². The summed E-state index contributed by atoms with van der Waals surface area (Å²) in [5, 5.41) is 14.0. The van der Waals surface area contributed by atoms with Crippen LogP contribution in [-0.4, -0.2) is 22.8 Å². The average molecular weight is 388 g/mol. The number of carbonyl (C=O) groups is 2. The van der Waals surface area contributed by atoms with E-state index in [0.29, 0.717) is 21.8 Å². The summed E-state index contributed by atoms with van der Waals surface area (Å²) in [6, 6.07) is 13.9. The number of anilines is 1. The summed E-state index contributed by atoms with van der Waals surface area (Å²) in [7, 11) is 0. The van der Waals surface area contributed by atoms with Crippen LogP contribution in [0.4, 0.5) is 5.69 Å². The third-order valence-corrected chi connectivity index (χ3v) is 4.15. The molecule has 0 amide bonds. The van der Waals surface area contributed by atoms with E-state index in [0.717, 1.165) is 0 Å². The van der Waals surface area contributed by atoms with Gasteiger partial charge >= 0.3 is 11.9 Å². The van der Waals surface area contributed by atoms with Gasteiger partial charge in [-0.1, -0.05) is 41.9 Å². The van der Waals surface area contributed by atoms with Crippen LogP contribution < -0.4 is 5.32 Å². The number of ether oxygens (including phenoxy) is 2. The van der Waals surface area contributed by atoms with Crippen LogP contribution in [0.1, 0.15) is 31.1 Å². The molecule has 1 fully saturated rings. The zero-order valence-corrected chi connectivity index (χ0v) is 15.5. The molecule has 0 aliphatic carbocycles. The Morgan fingerprint density at radius 3 is 2.33 bits per heavy atom. The van der Waals surface area contributed by atoms with Crippen LogP contribution in [0.5, 0.6) is 0 Å². The summed E-state index contributed by atoms with van der Waals surface area (Å²) in [6.45, 7) is 2.95. The van der Waals surface area contributed by atoms with Crippen molar-refractivity contribution < 1.29 is 24.2 Å². The molecule has 6 nitrogen and oxygen atoms in total. The number of aliphatic hydroxyl groups excluding tert-OH is 1. The second-order valence-corrected chi connectivity index (χ2v) is 6.86. The Balaban J connectivity index is 1.90. The monoisotopic (exact) mass is 387 g/mol. The Kier molecular flexibility index (Phi) is 5.21. The fourth-order valence-electron chi connectivity index (χ4n) is 2.63. The number of aliphatic hydroxyl groups is 1. The Morgan fingerprint density at radius 1 is 1.07 bits per heavy atom. The number of halogens is 1. The molecule has 1 unspecified atom stereocenters. The smallest absolute Gasteiger partial charge is 0.350 e. The molecule has 1 aliphatic rings. The molecule has 7 heteroatoms. The van der Waals surface area contributed by atoms with Crippen molar-refractivity contribution in [3.63, 3.8) is 0 Å². The molecule has 2 aromatic carbocycles. The Labute approximate surface area is 161 Å². The van der Waals surface area contributed by atoms with Gasteiger partial charge < -0.3 is 19.9 Å². The normalized spacial score (nSPS) is 17.0. The maximum Gasteiger partial charge on any atom is 0.350 e. The van der Waals surface area contributed by atoms with Gasteiger partial charge in [0.2, 0.25) is 0 Å². The molecule has 0 bridgehead atoms. The molecular formula is C20H18ClNO5. The molecule has 0 aromatic heterocycles. The van der Waals surface area contributed by atoms with Gasteiger partial charge in [0.25, 0.3) is 5.79 Å². The minimum atomic E-state index is -1.31. The minimum Gasteiger partial charge on any atom is -0.419 e. The highest BCUT2D eigenvalue weighted by Gasteiger charge is 2.39. The number of rotatable bonds is 4. The van der Waals surface area contributed by atoms with E-state index in [1.165, 1.54) is 20.0 Å². The molecule has 1 saturated heterocycles. The predicted molar refractivity (Wildman–Crippen MR) is 99.9 cm³/mol. The molecule has 0 saturated carbocycles. The lowest BCUT2D eigenvalue weighted by Crippen LogP contribution is -2.42. The maximum atomic E-state index is 12.0. The first-order valence-corrected chi connectivity index (χ1v) is 8.60. The molecule has 1 heterocycles. The van der Waals surface area contributed by atoms with Crippen LogP contribution in [0.2, 0.25) is 5.02 Å². The second-order valence-electron chi connectivity index (χ2n) is 6.43. The quantitative estimate of drug-likeness (QED) is 0.474. The van der Waals surface area contributed by atoms with Crippen LogP contribution in [0.25, 0.3) is 0 Å². The van der Waals surface area contributed by atoms with E-state index in [1.54, 1.807) is 30.3 Å². The van der Waals surface area contributed by atoms with Gasteiger partial charge in [0.05, 0.1) is 0 Å². The van der Waals surface area contributed by atoms with Crippen LogP contribution >= 0.6 is 11.6 Å². The lowest BCUT2D eigenvalue weighted by Gasteiger charge is -2.29. The maximum absolute atomic E-state index is 12.0. The van der Waals surface area contributed by atoms with E-state index in [4.69, 9.17) is 21.1 Å². The van der Waals surface area contributed by atoms with Crippen molar-refractivity contribution in [2.45, 2.75) is 25.7 Å². The Hall–Kier alpha value is -2.83. The lowest BCUT2D eigenvalue weighted by molar-refractivity contribution is -0.222. The summed E-state index contributed by atoms with van der Waals surface area (Å²) in [6.07, 6.45) is 0.250. The lowest BCUT2D eigenvalue weighted by atomic mass is 10.00. The van der Waals surface area contributed by atoms with Gasteiger partial charge in [-0.15, -0.1) is 0 Å². The number of nitrogens with one attached hydrogen (secondary N) is 1. The molecule has 0 spiro atoms. The van der Waals surface area contributed by atoms with Gasteiger partial charge in [0, 0.05) is 36.3 Å². The van der Waals surface area contributed by atoms with E-state index in [-0.39, 0.29) is 5.57 Å². The van der Waals surface area contributed by atoms with Crippen LogP contribution in [0.15, 0.2) is 60.3 Å². The largest absolute Gasteiger partial charge is 0.419 e. The molecule has 1 aliphatic heterocycles. The first-order valence-electron chi connectivity index (χ1n) is 8.23. The zero-order valence-electron chi connectivity index (χ0n) is 14.7. The van der Waals surface area contributed by atoms with Crippen molar-refractivity contribution in [3.05, 3.63) is 76.5 Å². The van der Waals surface area contributed by atoms with E-state index in [1.807, 2.05) is 18.2 Å². The van der Waals surface area contributed by atoms with Crippen molar-refractivity contribution in [1.82, 2.24) is 0 Å². The summed E-state index contributed by atoms with van der Waals surface area (Å²) < 4.78 is 10.1. The fourth-order valence-corrected chi connectivity index (χ4v) is 2.82. The van der Waals surface area contributed by atoms with Crippen LogP contribution in [0.3, 0.4) is 0 Å². The number of esters is 2. The second kappa shape index (κ2) is 7.42. The van der Waals surface area contributed by atoms with Gasteiger partial charge in [-0.3, -0.25) is 0 Å². The standard InChI is InChI=1S/C20H18ClNO5/c1-20(2)26-18(24)15(19(25)27-20)11-22-16-9-8-13(21)10-14(16)17(23)12-6-4-3-5-7-12/h3-11,17,22-23H,1-2H3. The molecule has 2 aromatic rings. The number of benzene rings is 2. The SMILES string of the molecule is CC1(C)OC(=O)C(=CNc2ccc(Cl)cc2C(O)c2ccccc2)C(=O)O1. The fraction of sp³-hybridized carbons (Fsp3) is 0.200. The predicted octanol–water partition coefficient (Wildman–Crippen LogP) is 3.55. The van der Waals surface area contributed by atoms with E-state index in [9.17, 15) is 14.7 Å². The van der Waals surface area contributed by atoms with Gasteiger partial charge in [-0.2, -0.15) is 0 Å². The molecule has 0 radical (unpaired) electrons. The summed E-state index contributed by atoms with van der Waals surface area (Å²) >= 11 is 6.07. The van der Waals surface area contributed by atoms with Crippen LogP contribution in [-0.2, 0) is 19.1 Å². The van der Waals surface area contributed by atoms with Crippen molar-refractivity contribution in [3.8, 4) is 0 Å². The molecule has 140 valence electrons.